The van der Waals surface area contributed by atoms with Crippen LogP contribution >= 0.6 is 11.3 Å². The van der Waals surface area contributed by atoms with Crippen LogP contribution in [0.5, 0.6) is 5.75 Å². The van der Waals surface area contributed by atoms with E-state index in [1.54, 1.807) is 18.4 Å². The molecule has 0 saturated heterocycles. The molecule has 0 atom stereocenters. The maximum atomic E-state index is 12.9. The lowest BCUT2D eigenvalue weighted by molar-refractivity contribution is 0.0735. The van der Waals surface area contributed by atoms with E-state index in [9.17, 15) is 4.79 Å². The number of aryl methyl sites for hydroxylation is 1. The standard InChI is InChI=1S/C21H20N2O2S/c1-14-5-3-4-6-17(14)21(24)23-12-11-18-19(13-23)26-20(22-18)15-7-9-16(25-2)10-8-15/h3-10H,11-13H2,1-2H3. The molecule has 0 aliphatic carbocycles. The topological polar surface area (TPSA) is 42.4 Å². The van der Waals surface area contributed by atoms with Crippen molar-refractivity contribution < 1.29 is 9.53 Å². The van der Waals surface area contributed by atoms with Gasteiger partial charge in [-0.05, 0) is 42.8 Å². The zero-order chi connectivity index (χ0) is 18.1. The third kappa shape index (κ3) is 3.10. The van der Waals surface area contributed by atoms with Crippen LogP contribution < -0.4 is 4.74 Å². The van der Waals surface area contributed by atoms with Crippen molar-refractivity contribution in [1.82, 2.24) is 9.88 Å². The van der Waals surface area contributed by atoms with Crippen molar-refractivity contribution in [1.29, 1.82) is 0 Å². The fraction of sp³-hybridized carbons (Fsp3) is 0.238. The Morgan fingerprint density at radius 2 is 1.92 bits per heavy atom. The molecule has 4 rings (SSSR count). The van der Waals surface area contributed by atoms with Gasteiger partial charge < -0.3 is 9.64 Å². The highest BCUT2D eigenvalue weighted by atomic mass is 32.1. The summed E-state index contributed by atoms with van der Waals surface area (Å²) in [5, 5.41) is 1.00. The van der Waals surface area contributed by atoms with Gasteiger partial charge in [0.1, 0.15) is 10.8 Å². The van der Waals surface area contributed by atoms with Crippen molar-refractivity contribution in [2.75, 3.05) is 13.7 Å². The van der Waals surface area contributed by atoms with Gasteiger partial charge in [0.25, 0.3) is 5.91 Å². The number of methoxy groups -OCH3 is 1. The van der Waals surface area contributed by atoms with Crippen molar-refractivity contribution in [3.05, 3.63) is 70.2 Å². The second-order valence-electron chi connectivity index (χ2n) is 6.41. The van der Waals surface area contributed by atoms with Crippen molar-refractivity contribution in [3.63, 3.8) is 0 Å². The monoisotopic (exact) mass is 364 g/mol. The number of amides is 1. The highest BCUT2D eigenvalue weighted by Crippen LogP contribution is 2.33. The molecule has 4 nitrogen and oxygen atoms in total. The first-order valence-corrected chi connectivity index (χ1v) is 9.45. The molecule has 0 radical (unpaired) electrons. The van der Waals surface area contributed by atoms with E-state index in [0.717, 1.165) is 39.6 Å². The van der Waals surface area contributed by atoms with E-state index in [1.807, 2.05) is 60.4 Å². The Kier molecular flexibility index (Phi) is 4.47. The predicted octanol–water partition coefficient (Wildman–Crippen LogP) is 4.33. The first kappa shape index (κ1) is 16.8. The van der Waals surface area contributed by atoms with E-state index in [1.165, 1.54) is 4.88 Å². The summed E-state index contributed by atoms with van der Waals surface area (Å²) < 4.78 is 5.22. The van der Waals surface area contributed by atoms with E-state index in [2.05, 4.69) is 0 Å². The van der Waals surface area contributed by atoms with Crippen LogP contribution in [-0.2, 0) is 13.0 Å². The molecule has 132 valence electrons. The van der Waals surface area contributed by atoms with E-state index >= 15 is 0 Å². The highest BCUT2D eigenvalue weighted by molar-refractivity contribution is 7.15. The molecule has 0 N–H and O–H groups in total. The van der Waals surface area contributed by atoms with Gasteiger partial charge in [-0.15, -0.1) is 11.3 Å². The molecule has 1 amide bonds. The van der Waals surface area contributed by atoms with Crippen molar-refractivity contribution in [2.45, 2.75) is 19.9 Å². The summed E-state index contributed by atoms with van der Waals surface area (Å²) >= 11 is 1.68. The normalized spacial score (nSPS) is 13.4. The molecule has 0 saturated carbocycles. The smallest absolute Gasteiger partial charge is 0.254 e. The zero-order valence-electron chi connectivity index (χ0n) is 14.9. The Balaban J connectivity index is 1.56. The van der Waals surface area contributed by atoms with E-state index in [-0.39, 0.29) is 5.91 Å². The summed E-state index contributed by atoms with van der Waals surface area (Å²) in [6.07, 6.45) is 0.805. The number of fused-ring (bicyclic) bond motifs is 1. The summed E-state index contributed by atoms with van der Waals surface area (Å²) in [6.45, 7) is 3.33. The van der Waals surface area contributed by atoms with Crippen LogP contribution in [0.2, 0.25) is 0 Å². The number of carbonyl (C=O) groups is 1. The SMILES string of the molecule is COc1ccc(-c2nc3c(s2)CN(C(=O)c2ccccc2C)CC3)cc1. The zero-order valence-corrected chi connectivity index (χ0v) is 15.7. The number of hydrogen-bond acceptors (Lipinski definition) is 4. The van der Waals surface area contributed by atoms with Gasteiger partial charge in [-0.1, -0.05) is 18.2 Å². The molecule has 3 aromatic rings. The van der Waals surface area contributed by atoms with Crippen LogP contribution in [0, 0.1) is 6.92 Å². The van der Waals surface area contributed by atoms with E-state index in [0.29, 0.717) is 13.1 Å². The number of rotatable bonds is 3. The molecule has 5 heteroatoms. The Bertz CT molecular complexity index is 947. The molecule has 2 aromatic carbocycles. The molecular formula is C21H20N2O2S. The minimum absolute atomic E-state index is 0.105. The van der Waals surface area contributed by atoms with Gasteiger partial charge in [0.2, 0.25) is 0 Å². The molecule has 2 heterocycles. The lowest BCUT2D eigenvalue weighted by atomic mass is 10.1. The highest BCUT2D eigenvalue weighted by Gasteiger charge is 2.25. The Morgan fingerprint density at radius 3 is 2.65 bits per heavy atom. The average molecular weight is 364 g/mol. The molecule has 0 fully saturated rings. The van der Waals surface area contributed by atoms with Gasteiger partial charge in [0.15, 0.2) is 0 Å². The number of ether oxygens (including phenoxy) is 1. The fourth-order valence-electron chi connectivity index (χ4n) is 3.21. The average Bonchev–Trinajstić information content (AvgIpc) is 3.11. The number of hydrogen-bond donors (Lipinski definition) is 0. The lowest BCUT2D eigenvalue weighted by Crippen LogP contribution is -2.35. The molecule has 1 aliphatic rings. The van der Waals surface area contributed by atoms with Crippen LogP contribution in [0.25, 0.3) is 10.6 Å². The second kappa shape index (κ2) is 6.92. The number of thiazole rings is 1. The third-order valence-corrected chi connectivity index (χ3v) is 5.86. The Labute approximate surface area is 157 Å². The third-order valence-electron chi connectivity index (χ3n) is 4.73. The molecule has 1 aliphatic heterocycles. The minimum Gasteiger partial charge on any atom is -0.497 e. The number of benzene rings is 2. The van der Waals surface area contributed by atoms with E-state index in [4.69, 9.17) is 9.72 Å². The summed E-state index contributed by atoms with van der Waals surface area (Å²) in [5.41, 5.74) is 4.01. The Morgan fingerprint density at radius 1 is 1.15 bits per heavy atom. The lowest BCUT2D eigenvalue weighted by Gasteiger charge is -2.26. The van der Waals surface area contributed by atoms with Crippen LogP contribution in [0.4, 0.5) is 0 Å². The first-order valence-electron chi connectivity index (χ1n) is 8.63. The largest absolute Gasteiger partial charge is 0.497 e. The maximum absolute atomic E-state index is 12.9. The quantitative estimate of drug-likeness (QED) is 0.695. The van der Waals surface area contributed by atoms with Crippen molar-refractivity contribution in [2.24, 2.45) is 0 Å². The Hall–Kier alpha value is -2.66. The van der Waals surface area contributed by atoms with Gasteiger partial charge in [-0.3, -0.25) is 4.79 Å². The summed E-state index contributed by atoms with van der Waals surface area (Å²) in [7, 11) is 1.66. The van der Waals surface area contributed by atoms with E-state index < -0.39 is 0 Å². The van der Waals surface area contributed by atoms with Gasteiger partial charge in [0.05, 0.1) is 19.3 Å². The van der Waals surface area contributed by atoms with Gasteiger partial charge >= 0.3 is 0 Å². The molecule has 0 unspecified atom stereocenters. The molecule has 0 spiro atoms. The van der Waals surface area contributed by atoms with Crippen LogP contribution in [-0.4, -0.2) is 29.4 Å². The summed E-state index contributed by atoms with van der Waals surface area (Å²) in [5.74, 6) is 0.943. The maximum Gasteiger partial charge on any atom is 0.254 e. The predicted molar refractivity (Wildman–Crippen MR) is 104 cm³/mol. The molecule has 1 aromatic heterocycles. The van der Waals surface area contributed by atoms with Gasteiger partial charge in [-0.2, -0.15) is 0 Å². The van der Waals surface area contributed by atoms with Crippen LogP contribution in [0.15, 0.2) is 48.5 Å². The first-order chi connectivity index (χ1) is 12.7. The van der Waals surface area contributed by atoms with Crippen molar-refractivity contribution >= 4 is 17.2 Å². The van der Waals surface area contributed by atoms with Crippen LogP contribution in [0.3, 0.4) is 0 Å². The van der Waals surface area contributed by atoms with Crippen molar-refractivity contribution in [3.8, 4) is 16.3 Å². The second-order valence-corrected chi connectivity index (χ2v) is 7.49. The number of aromatic nitrogens is 1. The molecule has 0 bridgehead atoms. The van der Waals surface area contributed by atoms with Crippen LogP contribution in [0.1, 0.15) is 26.5 Å². The molecule has 26 heavy (non-hydrogen) atoms. The van der Waals surface area contributed by atoms with Gasteiger partial charge in [0, 0.05) is 29.0 Å². The van der Waals surface area contributed by atoms with Gasteiger partial charge in [-0.25, -0.2) is 4.98 Å². The minimum atomic E-state index is 0.105. The summed E-state index contributed by atoms with van der Waals surface area (Å²) in [4.78, 5) is 20.8. The number of carbonyl (C=O) groups excluding carboxylic acids is 1. The summed E-state index contributed by atoms with van der Waals surface area (Å²) in [6, 6.07) is 15.7. The number of nitrogens with zero attached hydrogens (tertiary/aromatic N) is 2. The molecular weight excluding hydrogens is 344 g/mol. The fourth-order valence-corrected chi connectivity index (χ4v) is 4.34.